The van der Waals surface area contributed by atoms with Crippen molar-refractivity contribution in [3.05, 3.63) is 42.0 Å². The largest absolute Gasteiger partial charge is 0.489 e. The number of hydrogen-bond donors (Lipinski definition) is 1. The molecule has 0 unspecified atom stereocenters. The van der Waals surface area contributed by atoms with Gasteiger partial charge in [0.25, 0.3) is 0 Å². The van der Waals surface area contributed by atoms with Gasteiger partial charge in [0.1, 0.15) is 12.4 Å². The van der Waals surface area contributed by atoms with Crippen LogP contribution in [0, 0.1) is 0 Å². The maximum absolute atomic E-state index is 5.69. The van der Waals surface area contributed by atoms with Gasteiger partial charge in [0, 0.05) is 19.7 Å². The minimum absolute atomic E-state index is 0.469. The molecule has 0 aliphatic carbocycles. The molecule has 0 atom stereocenters. The van der Waals surface area contributed by atoms with Crippen LogP contribution < -0.4 is 10.1 Å². The van der Waals surface area contributed by atoms with Crippen LogP contribution in [0.4, 0.5) is 0 Å². The molecule has 0 aromatic heterocycles. The van der Waals surface area contributed by atoms with E-state index >= 15 is 0 Å². The molecule has 19 heavy (non-hydrogen) atoms. The molecular formula is C16H25NO2. The lowest BCUT2D eigenvalue weighted by molar-refractivity contribution is 0.202. The highest BCUT2D eigenvalue weighted by molar-refractivity contribution is 5.27. The molecule has 1 aromatic carbocycles. The van der Waals surface area contributed by atoms with Crippen LogP contribution in [-0.2, 0) is 11.2 Å². The predicted octanol–water partition coefficient (Wildman–Crippen LogP) is 2.81. The smallest absolute Gasteiger partial charge is 0.119 e. The van der Waals surface area contributed by atoms with Gasteiger partial charge in [-0.3, -0.25) is 0 Å². The Kier molecular flexibility index (Phi) is 7.23. The molecule has 0 aliphatic rings. The molecule has 0 amide bonds. The first-order valence-corrected chi connectivity index (χ1v) is 6.72. The lowest BCUT2D eigenvalue weighted by Gasteiger charge is -2.12. The fourth-order valence-corrected chi connectivity index (χ4v) is 1.56. The zero-order valence-electron chi connectivity index (χ0n) is 12.2. The van der Waals surface area contributed by atoms with Crippen molar-refractivity contribution in [3.63, 3.8) is 0 Å². The Bertz CT molecular complexity index is 371. The molecule has 0 radical (unpaired) electrons. The van der Waals surface area contributed by atoms with E-state index < -0.39 is 0 Å². The van der Waals surface area contributed by atoms with E-state index in [1.54, 1.807) is 7.11 Å². The SMILES string of the molecule is C=C(CNC(C)C)COc1ccc(CCOC)cc1. The fourth-order valence-electron chi connectivity index (χ4n) is 1.56. The molecule has 1 N–H and O–H groups in total. The number of rotatable bonds is 9. The minimum atomic E-state index is 0.469. The predicted molar refractivity (Wildman–Crippen MR) is 79.8 cm³/mol. The van der Waals surface area contributed by atoms with E-state index in [1.165, 1.54) is 5.56 Å². The molecule has 0 aliphatic heterocycles. The van der Waals surface area contributed by atoms with Crippen molar-refractivity contribution in [2.45, 2.75) is 26.3 Å². The third kappa shape index (κ3) is 6.99. The van der Waals surface area contributed by atoms with E-state index in [9.17, 15) is 0 Å². The van der Waals surface area contributed by atoms with Crippen LogP contribution in [0.2, 0.25) is 0 Å². The molecule has 1 rings (SSSR count). The summed E-state index contributed by atoms with van der Waals surface area (Å²) in [6.45, 7) is 10.3. The van der Waals surface area contributed by atoms with Crippen molar-refractivity contribution in [2.24, 2.45) is 0 Å². The maximum atomic E-state index is 5.69. The Morgan fingerprint density at radius 1 is 1.26 bits per heavy atom. The second kappa shape index (κ2) is 8.73. The second-order valence-electron chi connectivity index (χ2n) is 4.96. The summed E-state index contributed by atoms with van der Waals surface area (Å²) in [6, 6.07) is 8.60. The molecule has 0 saturated heterocycles. The van der Waals surface area contributed by atoms with Crippen LogP contribution in [0.3, 0.4) is 0 Å². The molecule has 0 heterocycles. The average molecular weight is 263 g/mol. The summed E-state index contributed by atoms with van der Waals surface area (Å²) in [7, 11) is 1.72. The van der Waals surface area contributed by atoms with E-state index in [-0.39, 0.29) is 0 Å². The van der Waals surface area contributed by atoms with Gasteiger partial charge < -0.3 is 14.8 Å². The van der Waals surface area contributed by atoms with Gasteiger partial charge in [-0.25, -0.2) is 0 Å². The Morgan fingerprint density at radius 2 is 1.95 bits per heavy atom. The van der Waals surface area contributed by atoms with E-state index in [4.69, 9.17) is 9.47 Å². The second-order valence-corrected chi connectivity index (χ2v) is 4.96. The molecule has 0 fully saturated rings. The number of benzene rings is 1. The normalized spacial score (nSPS) is 10.7. The van der Waals surface area contributed by atoms with Crippen molar-refractivity contribution >= 4 is 0 Å². The summed E-state index contributed by atoms with van der Waals surface area (Å²) in [5.41, 5.74) is 2.31. The lowest BCUT2D eigenvalue weighted by atomic mass is 10.1. The Hall–Kier alpha value is -1.32. The van der Waals surface area contributed by atoms with E-state index in [0.29, 0.717) is 12.6 Å². The number of hydrogen-bond acceptors (Lipinski definition) is 3. The molecule has 106 valence electrons. The van der Waals surface area contributed by atoms with Gasteiger partial charge in [-0.1, -0.05) is 32.6 Å². The summed E-state index contributed by atoms with van der Waals surface area (Å²) in [4.78, 5) is 0. The van der Waals surface area contributed by atoms with Crippen molar-refractivity contribution in [1.29, 1.82) is 0 Å². The van der Waals surface area contributed by atoms with Crippen molar-refractivity contribution < 1.29 is 9.47 Å². The highest BCUT2D eigenvalue weighted by atomic mass is 16.5. The van der Waals surface area contributed by atoms with Gasteiger partial charge in [0.05, 0.1) is 6.61 Å². The van der Waals surface area contributed by atoms with E-state index in [1.807, 2.05) is 12.1 Å². The number of nitrogens with one attached hydrogen (secondary N) is 1. The molecule has 0 bridgehead atoms. The van der Waals surface area contributed by atoms with Crippen molar-refractivity contribution in [3.8, 4) is 5.75 Å². The molecule has 1 aromatic rings. The fraction of sp³-hybridized carbons (Fsp3) is 0.500. The first-order chi connectivity index (χ1) is 9.11. The highest BCUT2D eigenvalue weighted by Crippen LogP contribution is 2.13. The topological polar surface area (TPSA) is 30.5 Å². The first-order valence-electron chi connectivity index (χ1n) is 6.72. The Morgan fingerprint density at radius 3 is 2.53 bits per heavy atom. The maximum Gasteiger partial charge on any atom is 0.119 e. The molecule has 3 nitrogen and oxygen atoms in total. The Labute approximate surface area is 116 Å². The van der Waals surface area contributed by atoms with Gasteiger partial charge >= 0.3 is 0 Å². The van der Waals surface area contributed by atoms with Gasteiger partial charge in [0.15, 0.2) is 0 Å². The third-order valence-corrected chi connectivity index (χ3v) is 2.72. The number of ether oxygens (including phenoxy) is 2. The average Bonchev–Trinajstić information content (AvgIpc) is 2.41. The van der Waals surface area contributed by atoms with Crippen LogP contribution >= 0.6 is 0 Å². The number of methoxy groups -OCH3 is 1. The standard InChI is InChI=1S/C16H25NO2/c1-13(2)17-11-14(3)12-19-16-7-5-15(6-8-16)9-10-18-4/h5-8,13,17H,3,9-12H2,1-2,4H3. The minimum Gasteiger partial charge on any atom is -0.489 e. The zero-order chi connectivity index (χ0) is 14.1. The third-order valence-electron chi connectivity index (χ3n) is 2.72. The van der Waals surface area contributed by atoms with Gasteiger partial charge in [-0.15, -0.1) is 0 Å². The summed E-state index contributed by atoms with van der Waals surface area (Å²) in [5.74, 6) is 0.881. The zero-order valence-corrected chi connectivity index (χ0v) is 12.2. The van der Waals surface area contributed by atoms with E-state index in [2.05, 4.69) is 37.9 Å². The molecule has 0 saturated carbocycles. The quantitative estimate of drug-likeness (QED) is 0.695. The van der Waals surface area contributed by atoms with Crippen LogP contribution in [0.15, 0.2) is 36.4 Å². The van der Waals surface area contributed by atoms with Gasteiger partial charge in [-0.2, -0.15) is 0 Å². The van der Waals surface area contributed by atoms with Crippen molar-refractivity contribution in [2.75, 3.05) is 26.9 Å². The monoisotopic (exact) mass is 263 g/mol. The first kappa shape index (κ1) is 15.7. The van der Waals surface area contributed by atoms with Crippen LogP contribution in [0.1, 0.15) is 19.4 Å². The van der Waals surface area contributed by atoms with Crippen LogP contribution in [-0.4, -0.2) is 32.9 Å². The molecule has 3 heteroatoms. The lowest BCUT2D eigenvalue weighted by Crippen LogP contribution is -2.26. The Balaban J connectivity index is 2.31. The molecular weight excluding hydrogens is 238 g/mol. The van der Waals surface area contributed by atoms with Crippen LogP contribution in [0.5, 0.6) is 5.75 Å². The van der Waals surface area contributed by atoms with Gasteiger partial charge in [0.2, 0.25) is 0 Å². The highest BCUT2D eigenvalue weighted by Gasteiger charge is 1.99. The summed E-state index contributed by atoms with van der Waals surface area (Å²) in [6.07, 6.45) is 0.932. The van der Waals surface area contributed by atoms with E-state index in [0.717, 1.165) is 30.9 Å². The summed E-state index contributed by atoms with van der Waals surface area (Å²) >= 11 is 0. The van der Waals surface area contributed by atoms with Crippen molar-refractivity contribution in [1.82, 2.24) is 5.32 Å². The summed E-state index contributed by atoms with van der Waals surface area (Å²) in [5, 5.41) is 3.32. The van der Waals surface area contributed by atoms with Crippen LogP contribution in [0.25, 0.3) is 0 Å². The molecule has 0 spiro atoms. The van der Waals surface area contributed by atoms with Gasteiger partial charge in [-0.05, 0) is 29.7 Å². The summed E-state index contributed by atoms with van der Waals surface area (Å²) < 4.78 is 10.7.